The second-order valence-corrected chi connectivity index (χ2v) is 9.58. The Morgan fingerprint density at radius 3 is 2.52 bits per heavy atom. The molecular weight excluding hydrogens is 420 g/mol. The van der Waals surface area contributed by atoms with Crippen LogP contribution in [0.25, 0.3) is 0 Å². The Labute approximate surface area is 183 Å². The molecule has 1 aliphatic rings. The maximum Gasteiger partial charge on any atom is 0.265 e. The molecule has 1 aliphatic heterocycles. The van der Waals surface area contributed by atoms with Gasteiger partial charge in [0.25, 0.3) is 10.0 Å². The summed E-state index contributed by atoms with van der Waals surface area (Å²) in [6, 6.07) is 9.44. The van der Waals surface area contributed by atoms with Gasteiger partial charge in [0.15, 0.2) is 0 Å². The molecule has 0 aliphatic carbocycles. The average Bonchev–Trinajstić information content (AvgIpc) is 2.83. The Bertz CT molecular complexity index is 1080. The van der Waals surface area contributed by atoms with Gasteiger partial charge in [-0.25, -0.2) is 8.42 Å². The number of carbonyl (C=O) groups is 1. The van der Waals surface area contributed by atoms with Gasteiger partial charge < -0.3 is 19.1 Å². The van der Waals surface area contributed by atoms with Crippen LogP contribution in [0.2, 0.25) is 0 Å². The molecule has 3 rings (SSSR count). The molecule has 0 bridgehead atoms. The number of nitrogens with zero attached hydrogens (tertiary/aromatic N) is 1. The van der Waals surface area contributed by atoms with Gasteiger partial charge in [0, 0.05) is 12.6 Å². The first-order chi connectivity index (χ1) is 14.6. The molecule has 31 heavy (non-hydrogen) atoms. The van der Waals surface area contributed by atoms with Gasteiger partial charge >= 0.3 is 0 Å². The van der Waals surface area contributed by atoms with Gasteiger partial charge in [0.2, 0.25) is 5.91 Å². The summed E-state index contributed by atoms with van der Waals surface area (Å²) < 4.78 is 45.0. The van der Waals surface area contributed by atoms with Crippen molar-refractivity contribution in [1.29, 1.82) is 0 Å². The summed E-state index contributed by atoms with van der Waals surface area (Å²) in [4.78, 5) is 14.7. The third kappa shape index (κ3) is 4.56. The Kier molecular flexibility index (Phi) is 6.35. The first-order valence-electron chi connectivity index (χ1n) is 9.96. The van der Waals surface area contributed by atoms with Crippen LogP contribution in [0.3, 0.4) is 0 Å². The maximum absolute atomic E-state index is 13.1. The van der Waals surface area contributed by atoms with E-state index in [1.54, 1.807) is 29.2 Å². The van der Waals surface area contributed by atoms with Gasteiger partial charge in [-0.05, 0) is 50.6 Å². The fourth-order valence-electron chi connectivity index (χ4n) is 3.36. The van der Waals surface area contributed by atoms with Crippen molar-refractivity contribution in [3.05, 3.63) is 36.4 Å². The van der Waals surface area contributed by atoms with E-state index in [0.717, 1.165) is 6.42 Å². The topological polar surface area (TPSA) is 94.2 Å². The zero-order valence-electron chi connectivity index (χ0n) is 18.4. The lowest BCUT2D eigenvalue weighted by Gasteiger charge is -2.28. The number of nitrogens with one attached hydrogen (secondary N) is 1. The molecule has 2 aromatic carbocycles. The van der Waals surface area contributed by atoms with Gasteiger partial charge in [-0.3, -0.25) is 9.52 Å². The number of rotatable bonds is 7. The van der Waals surface area contributed by atoms with Crippen molar-refractivity contribution < 1.29 is 27.4 Å². The van der Waals surface area contributed by atoms with Crippen molar-refractivity contribution in [2.24, 2.45) is 5.41 Å². The summed E-state index contributed by atoms with van der Waals surface area (Å²) >= 11 is 0. The molecule has 9 heteroatoms. The molecule has 0 saturated carbocycles. The van der Waals surface area contributed by atoms with E-state index in [1.807, 2.05) is 20.8 Å². The molecule has 0 saturated heterocycles. The summed E-state index contributed by atoms with van der Waals surface area (Å²) in [5.74, 6) is 1.05. The van der Waals surface area contributed by atoms with E-state index in [1.165, 1.54) is 26.4 Å². The molecule has 1 amide bonds. The molecule has 0 aromatic heterocycles. The van der Waals surface area contributed by atoms with Crippen LogP contribution in [-0.2, 0) is 14.8 Å². The molecule has 8 nitrogen and oxygen atoms in total. The highest BCUT2D eigenvalue weighted by Crippen LogP contribution is 2.39. The lowest BCUT2D eigenvalue weighted by Crippen LogP contribution is -2.42. The van der Waals surface area contributed by atoms with E-state index in [2.05, 4.69) is 4.72 Å². The first kappa shape index (κ1) is 22.7. The predicted octanol–water partition coefficient (Wildman–Crippen LogP) is 3.67. The minimum Gasteiger partial charge on any atom is -0.497 e. The lowest BCUT2D eigenvalue weighted by molar-refractivity contribution is -0.127. The Morgan fingerprint density at radius 2 is 1.87 bits per heavy atom. The van der Waals surface area contributed by atoms with E-state index in [4.69, 9.17) is 14.2 Å². The minimum absolute atomic E-state index is 0.0526. The van der Waals surface area contributed by atoms with Crippen molar-refractivity contribution in [1.82, 2.24) is 0 Å². The van der Waals surface area contributed by atoms with Crippen LogP contribution in [0.1, 0.15) is 27.2 Å². The summed E-state index contributed by atoms with van der Waals surface area (Å²) in [6.45, 7) is 6.39. The van der Waals surface area contributed by atoms with E-state index in [0.29, 0.717) is 29.4 Å². The van der Waals surface area contributed by atoms with Crippen molar-refractivity contribution in [2.75, 3.05) is 37.0 Å². The largest absolute Gasteiger partial charge is 0.497 e. The van der Waals surface area contributed by atoms with Crippen LogP contribution in [0.15, 0.2) is 41.3 Å². The number of amides is 1. The SMILES string of the molecule is CCCN1C(=O)C(C)(C)COc2ccc(NS(=O)(=O)c3cc(OC)ccc3OC)cc21. The van der Waals surface area contributed by atoms with E-state index in [9.17, 15) is 13.2 Å². The van der Waals surface area contributed by atoms with Crippen LogP contribution in [-0.4, -0.2) is 41.7 Å². The third-order valence-corrected chi connectivity index (χ3v) is 6.42. The number of fused-ring (bicyclic) bond motifs is 1. The van der Waals surface area contributed by atoms with Crippen LogP contribution < -0.4 is 23.8 Å². The Morgan fingerprint density at radius 1 is 1.13 bits per heavy atom. The van der Waals surface area contributed by atoms with E-state index in [-0.39, 0.29) is 23.2 Å². The Hall–Kier alpha value is -2.94. The predicted molar refractivity (Wildman–Crippen MR) is 119 cm³/mol. The zero-order chi connectivity index (χ0) is 22.8. The fourth-order valence-corrected chi connectivity index (χ4v) is 4.59. The quantitative estimate of drug-likeness (QED) is 0.695. The van der Waals surface area contributed by atoms with Crippen LogP contribution in [0, 0.1) is 5.41 Å². The molecule has 1 heterocycles. The number of anilines is 2. The van der Waals surface area contributed by atoms with Crippen LogP contribution in [0.5, 0.6) is 17.2 Å². The molecule has 0 fully saturated rings. The summed E-state index contributed by atoms with van der Waals surface area (Å²) in [6.07, 6.45) is 0.748. The monoisotopic (exact) mass is 448 g/mol. The van der Waals surface area contributed by atoms with Crippen molar-refractivity contribution in [2.45, 2.75) is 32.1 Å². The smallest absolute Gasteiger partial charge is 0.265 e. The molecular formula is C22H28N2O6S. The molecule has 2 aromatic rings. The van der Waals surface area contributed by atoms with Crippen molar-refractivity contribution >= 4 is 27.3 Å². The zero-order valence-corrected chi connectivity index (χ0v) is 19.2. The van der Waals surface area contributed by atoms with E-state index < -0.39 is 15.4 Å². The second kappa shape index (κ2) is 8.66. The number of ether oxygens (including phenoxy) is 3. The molecule has 0 spiro atoms. The molecule has 168 valence electrons. The molecule has 0 unspecified atom stereocenters. The molecule has 0 radical (unpaired) electrons. The molecule has 0 atom stereocenters. The highest BCUT2D eigenvalue weighted by atomic mass is 32.2. The minimum atomic E-state index is -3.99. The third-order valence-electron chi connectivity index (χ3n) is 5.02. The number of benzene rings is 2. The number of sulfonamides is 1. The summed E-state index contributed by atoms with van der Waals surface area (Å²) in [7, 11) is -1.13. The van der Waals surface area contributed by atoms with Gasteiger partial charge in [-0.1, -0.05) is 6.92 Å². The number of hydrogen-bond acceptors (Lipinski definition) is 6. The summed E-state index contributed by atoms with van der Waals surface area (Å²) in [5, 5.41) is 0. The van der Waals surface area contributed by atoms with Crippen LogP contribution in [0.4, 0.5) is 11.4 Å². The second-order valence-electron chi connectivity index (χ2n) is 7.93. The lowest BCUT2D eigenvalue weighted by atomic mass is 9.93. The van der Waals surface area contributed by atoms with Crippen molar-refractivity contribution in [3.63, 3.8) is 0 Å². The van der Waals surface area contributed by atoms with Gasteiger partial charge in [-0.15, -0.1) is 0 Å². The summed E-state index contributed by atoms with van der Waals surface area (Å²) in [5.41, 5.74) is 0.151. The van der Waals surface area contributed by atoms with Gasteiger partial charge in [0.05, 0.1) is 31.0 Å². The maximum atomic E-state index is 13.1. The van der Waals surface area contributed by atoms with Gasteiger partial charge in [-0.2, -0.15) is 0 Å². The van der Waals surface area contributed by atoms with Gasteiger partial charge in [0.1, 0.15) is 28.8 Å². The Balaban J connectivity index is 2.01. The number of hydrogen-bond donors (Lipinski definition) is 1. The van der Waals surface area contributed by atoms with Crippen LogP contribution >= 0.6 is 0 Å². The normalized spacial score (nSPS) is 15.5. The van der Waals surface area contributed by atoms with Crippen molar-refractivity contribution in [3.8, 4) is 17.2 Å². The molecule has 1 N–H and O–H groups in total. The highest BCUT2D eigenvalue weighted by molar-refractivity contribution is 7.92. The fraction of sp³-hybridized carbons (Fsp3) is 0.409. The standard InChI is InChI=1S/C22H28N2O6S/c1-6-11-24-17-12-15(7-9-18(17)30-14-22(2,3)21(24)25)23-31(26,27)20-13-16(28-4)8-10-19(20)29-5/h7-10,12-13,23H,6,11,14H2,1-5H3. The highest BCUT2D eigenvalue weighted by Gasteiger charge is 2.37. The number of methoxy groups -OCH3 is 2. The van der Waals surface area contributed by atoms with E-state index >= 15 is 0 Å². The first-order valence-corrected chi connectivity index (χ1v) is 11.4. The number of carbonyl (C=O) groups excluding carboxylic acids is 1. The average molecular weight is 449 g/mol.